The minimum absolute atomic E-state index is 0.00269. The number of aryl methyl sites for hydroxylation is 2. The minimum Gasteiger partial charge on any atom is -0.462 e. The van der Waals surface area contributed by atoms with Gasteiger partial charge in [-0.15, -0.1) is 0 Å². The number of carbonyl (C=O) groups is 2. The van der Waals surface area contributed by atoms with Crippen LogP contribution in [0.5, 0.6) is 0 Å². The van der Waals surface area contributed by atoms with Crippen LogP contribution in [0.2, 0.25) is 0 Å². The molecule has 44 heavy (non-hydrogen) atoms. The summed E-state index contributed by atoms with van der Waals surface area (Å²) in [6.07, 6.45) is 14.2. The second-order valence-corrected chi connectivity index (χ2v) is 12.4. The van der Waals surface area contributed by atoms with Gasteiger partial charge in [-0.05, 0) is 98.4 Å². The fraction of sp³-hybridized carbons (Fsp3) is 0.579. The summed E-state index contributed by atoms with van der Waals surface area (Å²) < 4.78 is 16.9. The van der Waals surface area contributed by atoms with E-state index in [1.807, 2.05) is 6.92 Å². The number of carbonyl (C=O) groups excluding carboxylic acids is 2. The number of unbranched alkanes of at least 4 members (excludes halogenated alkanes) is 2. The van der Waals surface area contributed by atoms with Gasteiger partial charge in [-0.25, -0.2) is 9.59 Å². The average Bonchev–Trinajstić information content (AvgIpc) is 3.05. The highest BCUT2D eigenvalue weighted by molar-refractivity contribution is 5.88. The van der Waals surface area contributed by atoms with Crippen molar-refractivity contribution < 1.29 is 28.9 Å². The third-order valence-electron chi connectivity index (χ3n) is 8.88. The molecule has 1 fully saturated rings. The van der Waals surface area contributed by atoms with Gasteiger partial charge in [0, 0.05) is 18.1 Å². The SMILES string of the molecule is C=C(CC)C(=O)OCC(CCCOC1CCC(CCc2ccc3cc(CCCCC)ccc3c2)CC1)COC(=O)C(=C)CO. The number of rotatable bonds is 20. The summed E-state index contributed by atoms with van der Waals surface area (Å²) in [5.41, 5.74) is 3.30. The first kappa shape index (κ1) is 35.5. The van der Waals surface area contributed by atoms with E-state index in [-0.39, 0.29) is 30.8 Å². The van der Waals surface area contributed by atoms with Gasteiger partial charge in [-0.1, -0.05) is 76.2 Å². The molecular weight excluding hydrogens is 552 g/mol. The zero-order valence-electron chi connectivity index (χ0n) is 27.1. The molecule has 2 aromatic rings. The number of fused-ring (bicyclic) bond motifs is 1. The van der Waals surface area contributed by atoms with E-state index in [0.29, 0.717) is 25.0 Å². The summed E-state index contributed by atoms with van der Waals surface area (Å²) in [4.78, 5) is 24.0. The minimum atomic E-state index is -0.637. The Kier molecular flexibility index (Phi) is 15.7. The van der Waals surface area contributed by atoms with Crippen LogP contribution in [-0.4, -0.2) is 49.6 Å². The molecule has 0 aromatic heterocycles. The van der Waals surface area contributed by atoms with E-state index < -0.39 is 18.5 Å². The van der Waals surface area contributed by atoms with Crippen LogP contribution in [0.25, 0.3) is 10.8 Å². The first-order valence-corrected chi connectivity index (χ1v) is 16.8. The summed E-state index contributed by atoms with van der Waals surface area (Å²) in [6, 6.07) is 13.9. The molecule has 0 aliphatic heterocycles. The molecule has 6 nitrogen and oxygen atoms in total. The van der Waals surface area contributed by atoms with Crippen molar-refractivity contribution in [2.24, 2.45) is 11.8 Å². The topological polar surface area (TPSA) is 82.1 Å². The second-order valence-electron chi connectivity index (χ2n) is 12.4. The van der Waals surface area contributed by atoms with Crippen molar-refractivity contribution in [3.8, 4) is 0 Å². The Morgan fingerprint density at radius 1 is 0.841 bits per heavy atom. The lowest BCUT2D eigenvalue weighted by Crippen LogP contribution is -2.24. The van der Waals surface area contributed by atoms with Crippen LogP contribution >= 0.6 is 0 Å². The predicted octanol–water partition coefficient (Wildman–Crippen LogP) is 8.08. The number of benzene rings is 2. The van der Waals surface area contributed by atoms with Gasteiger partial charge in [0.15, 0.2) is 0 Å². The molecule has 1 aliphatic rings. The molecule has 0 amide bonds. The Balaban J connectivity index is 1.36. The van der Waals surface area contributed by atoms with Crippen LogP contribution in [-0.2, 0) is 36.6 Å². The molecule has 0 bridgehead atoms. The van der Waals surface area contributed by atoms with E-state index in [4.69, 9.17) is 19.3 Å². The number of ether oxygens (including phenoxy) is 3. The number of hydrogen-bond donors (Lipinski definition) is 1. The molecule has 0 spiro atoms. The molecule has 6 heteroatoms. The van der Waals surface area contributed by atoms with Crippen molar-refractivity contribution in [3.63, 3.8) is 0 Å². The highest BCUT2D eigenvalue weighted by atomic mass is 16.5. The largest absolute Gasteiger partial charge is 0.462 e. The third-order valence-corrected chi connectivity index (χ3v) is 8.88. The first-order chi connectivity index (χ1) is 21.3. The summed E-state index contributed by atoms with van der Waals surface area (Å²) in [7, 11) is 0. The van der Waals surface area contributed by atoms with Gasteiger partial charge < -0.3 is 19.3 Å². The molecule has 1 unspecified atom stereocenters. The van der Waals surface area contributed by atoms with Gasteiger partial charge in [-0.3, -0.25) is 0 Å². The van der Waals surface area contributed by atoms with Crippen LogP contribution < -0.4 is 0 Å². The molecule has 0 radical (unpaired) electrons. The lowest BCUT2D eigenvalue weighted by Gasteiger charge is -2.29. The lowest BCUT2D eigenvalue weighted by atomic mass is 9.83. The van der Waals surface area contributed by atoms with E-state index in [1.165, 1.54) is 66.8 Å². The molecule has 1 aliphatic carbocycles. The van der Waals surface area contributed by atoms with Crippen molar-refractivity contribution in [3.05, 3.63) is 71.8 Å². The van der Waals surface area contributed by atoms with Crippen LogP contribution in [0.3, 0.4) is 0 Å². The highest BCUT2D eigenvalue weighted by Crippen LogP contribution is 2.30. The van der Waals surface area contributed by atoms with E-state index >= 15 is 0 Å². The van der Waals surface area contributed by atoms with Gasteiger partial charge in [0.1, 0.15) is 0 Å². The van der Waals surface area contributed by atoms with Crippen molar-refractivity contribution in [1.82, 2.24) is 0 Å². The monoisotopic (exact) mass is 606 g/mol. The summed E-state index contributed by atoms with van der Waals surface area (Å²) in [5.74, 6) is -0.487. The maximum Gasteiger partial charge on any atom is 0.335 e. The van der Waals surface area contributed by atoms with E-state index in [9.17, 15) is 9.59 Å². The molecule has 242 valence electrons. The molecule has 1 N–H and O–H groups in total. The molecule has 1 atom stereocenters. The van der Waals surface area contributed by atoms with E-state index in [2.05, 4.69) is 56.5 Å². The molecule has 3 rings (SSSR count). The van der Waals surface area contributed by atoms with Gasteiger partial charge in [0.2, 0.25) is 0 Å². The van der Waals surface area contributed by atoms with E-state index in [1.54, 1.807) is 0 Å². The smallest absolute Gasteiger partial charge is 0.335 e. The van der Waals surface area contributed by atoms with Crippen LogP contribution in [0.4, 0.5) is 0 Å². The molecule has 2 aromatic carbocycles. The summed E-state index contributed by atoms with van der Waals surface area (Å²) in [6.45, 7) is 11.7. The number of aliphatic hydroxyl groups excluding tert-OH is 1. The number of aliphatic hydroxyl groups is 1. The molecule has 0 saturated heterocycles. The van der Waals surface area contributed by atoms with Crippen molar-refractivity contribution >= 4 is 22.7 Å². The van der Waals surface area contributed by atoms with Gasteiger partial charge in [-0.2, -0.15) is 0 Å². The Morgan fingerprint density at radius 3 is 2.05 bits per heavy atom. The van der Waals surface area contributed by atoms with Gasteiger partial charge >= 0.3 is 11.9 Å². The molecule has 0 heterocycles. The summed E-state index contributed by atoms with van der Waals surface area (Å²) in [5, 5.41) is 11.8. The van der Waals surface area contributed by atoms with Crippen molar-refractivity contribution in [2.45, 2.75) is 103 Å². The quantitative estimate of drug-likeness (QED) is 0.0932. The zero-order chi connectivity index (χ0) is 31.7. The molecule has 1 saturated carbocycles. The highest BCUT2D eigenvalue weighted by Gasteiger charge is 2.22. The standard InChI is InChI=1S/C38H54O6/c1-5-7-8-10-31-14-18-35-24-32(15-19-34(35)23-31)13-12-30-16-20-36(21-17-30)42-22-9-11-33(26-43-37(40)28(3)6-2)27-44-38(41)29(4)25-39/h14-15,18-19,23-24,30,33,36,39H,3-13,16-17,20-22,25-27H2,1-2H3. The zero-order valence-corrected chi connectivity index (χ0v) is 27.1. The van der Waals surface area contributed by atoms with Crippen molar-refractivity contribution in [2.75, 3.05) is 26.4 Å². The second kappa shape index (κ2) is 19.4. The first-order valence-electron chi connectivity index (χ1n) is 16.8. The van der Waals surface area contributed by atoms with Gasteiger partial charge in [0.05, 0.1) is 31.5 Å². The van der Waals surface area contributed by atoms with Crippen molar-refractivity contribution in [1.29, 1.82) is 0 Å². The van der Waals surface area contributed by atoms with E-state index in [0.717, 1.165) is 31.6 Å². The summed E-state index contributed by atoms with van der Waals surface area (Å²) >= 11 is 0. The third kappa shape index (κ3) is 12.2. The Labute approximate surface area is 264 Å². The van der Waals surface area contributed by atoms with Gasteiger partial charge in [0.25, 0.3) is 0 Å². The van der Waals surface area contributed by atoms with Crippen LogP contribution in [0.1, 0.15) is 95.6 Å². The predicted molar refractivity (Wildman–Crippen MR) is 177 cm³/mol. The fourth-order valence-corrected chi connectivity index (χ4v) is 5.83. The van der Waals surface area contributed by atoms with Crippen LogP contribution in [0.15, 0.2) is 60.7 Å². The fourth-order valence-electron chi connectivity index (χ4n) is 5.83. The maximum atomic E-state index is 12.1. The molecular formula is C38H54O6. The Hall–Kier alpha value is -2.96. The lowest BCUT2D eigenvalue weighted by molar-refractivity contribution is -0.144. The maximum absolute atomic E-state index is 12.1. The normalized spacial score (nSPS) is 17.2. The Bertz CT molecular complexity index is 1180. The van der Waals surface area contributed by atoms with Crippen LogP contribution in [0, 0.1) is 11.8 Å². The number of esters is 2. The number of hydrogen-bond acceptors (Lipinski definition) is 6. The Morgan fingerprint density at radius 2 is 1.45 bits per heavy atom. The average molecular weight is 607 g/mol.